The maximum atomic E-state index is 6.06. The number of anilines is 1. The van der Waals surface area contributed by atoms with Gasteiger partial charge in [0.1, 0.15) is 0 Å². The van der Waals surface area contributed by atoms with Crippen molar-refractivity contribution in [2.75, 3.05) is 18.5 Å². The van der Waals surface area contributed by atoms with Crippen LogP contribution in [0.15, 0.2) is 0 Å². The molecule has 1 aromatic heterocycles. The minimum atomic E-state index is 0.497. The summed E-state index contributed by atoms with van der Waals surface area (Å²) in [6, 6.07) is 0. The molecular formula is C11H18ClN3. The summed E-state index contributed by atoms with van der Waals surface area (Å²) in [7, 11) is 2.00. The Morgan fingerprint density at radius 2 is 1.80 bits per heavy atom. The van der Waals surface area contributed by atoms with Crippen molar-refractivity contribution in [3.8, 4) is 0 Å². The van der Waals surface area contributed by atoms with Gasteiger partial charge in [0.15, 0.2) is 11.0 Å². The fourth-order valence-corrected chi connectivity index (χ4v) is 1.62. The molecule has 0 amide bonds. The zero-order chi connectivity index (χ0) is 11.4. The van der Waals surface area contributed by atoms with Crippen LogP contribution in [0.1, 0.15) is 31.2 Å². The van der Waals surface area contributed by atoms with Crippen molar-refractivity contribution in [3.63, 3.8) is 0 Å². The maximum Gasteiger partial charge on any atom is 0.171 e. The van der Waals surface area contributed by atoms with E-state index in [1.165, 1.54) is 6.42 Å². The Balaban J connectivity index is 2.88. The van der Waals surface area contributed by atoms with E-state index in [-0.39, 0.29) is 0 Å². The lowest BCUT2D eigenvalue weighted by molar-refractivity contribution is 0.755. The first kappa shape index (κ1) is 12.2. The highest BCUT2D eigenvalue weighted by atomic mass is 35.5. The molecule has 0 aromatic carbocycles. The van der Waals surface area contributed by atoms with Crippen LogP contribution in [0.25, 0.3) is 0 Å². The normalized spacial score (nSPS) is 10.5. The summed E-state index contributed by atoms with van der Waals surface area (Å²) in [5.41, 5.74) is 1.84. The summed E-state index contributed by atoms with van der Waals surface area (Å²) in [4.78, 5) is 10.8. The fourth-order valence-electron chi connectivity index (χ4n) is 1.31. The van der Waals surface area contributed by atoms with Gasteiger partial charge >= 0.3 is 0 Å². The number of hydrogen-bond acceptors (Lipinski definition) is 3. The summed E-state index contributed by atoms with van der Waals surface area (Å²) in [5, 5.41) is 0.497. The second-order valence-electron chi connectivity index (χ2n) is 3.78. The Labute approximate surface area is 96.5 Å². The molecule has 3 nitrogen and oxygen atoms in total. The van der Waals surface area contributed by atoms with Crippen LogP contribution in [-0.2, 0) is 0 Å². The predicted octanol–water partition coefficient (Wildman–Crippen LogP) is 2.98. The van der Waals surface area contributed by atoms with Gasteiger partial charge in [-0.25, -0.2) is 9.97 Å². The van der Waals surface area contributed by atoms with E-state index in [1.54, 1.807) is 0 Å². The van der Waals surface area contributed by atoms with Crippen molar-refractivity contribution in [3.05, 3.63) is 16.5 Å². The van der Waals surface area contributed by atoms with Crippen molar-refractivity contribution < 1.29 is 0 Å². The highest BCUT2D eigenvalue weighted by Gasteiger charge is 2.10. The van der Waals surface area contributed by atoms with E-state index in [0.717, 1.165) is 30.2 Å². The predicted molar refractivity (Wildman–Crippen MR) is 64.7 cm³/mol. The Morgan fingerprint density at radius 1 is 1.20 bits per heavy atom. The molecule has 0 aliphatic carbocycles. The first-order chi connectivity index (χ1) is 7.06. The number of hydrogen-bond donors (Lipinski definition) is 0. The van der Waals surface area contributed by atoms with Gasteiger partial charge in [-0.1, -0.05) is 24.9 Å². The molecule has 0 atom stereocenters. The zero-order valence-corrected chi connectivity index (χ0v) is 10.6. The van der Waals surface area contributed by atoms with Gasteiger partial charge in [0, 0.05) is 13.6 Å². The number of aryl methyl sites for hydroxylation is 2. The summed E-state index contributed by atoms with van der Waals surface area (Å²) in [6.45, 7) is 7.01. The van der Waals surface area contributed by atoms with Gasteiger partial charge in [-0.05, 0) is 20.3 Å². The van der Waals surface area contributed by atoms with Gasteiger partial charge in [0.25, 0.3) is 0 Å². The second kappa shape index (κ2) is 5.31. The molecule has 4 heteroatoms. The zero-order valence-electron chi connectivity index (χ0n) is 9.84. The summed E-state index contributed by atoms with van der Waals surface area (Å²) < 4.78 is 0. The third-order valence-corrected chi connectivity index (χ3v) is 2.71. The second-order valence-corrected chi connectivity index (χ2v) is 4.14. The van der Waals surface area contributed by atoms with E-state index in [2.05, 4.69) is 21.8 Å². The first-order valence-electron chi connectivity index (χ1n) is 5.28. The standard InChI is InChI=1S/C11H18ClN3/c1-5-6-7-15(4)11-10(12)13-8(2)9(3)14-11/h5-7H2,1-4H3. The van der Waals surface area contributed by atoms with Gasteiger partial charge < -0.3 is 4.90 Å². The number of unbranched alkanes of at least 4 members (excludes halogenated alkanes) is 1. The van der Waals surface area contributed by atoms with Crippen molar-refractivity contribution in [2.24, 2.45) is 0 Å². The minimum absolute atomic E-state index is 0.497. The van der Waals surface area contributed by atoms with Crippen LogP contribution in [0.4, 0.5) is 5.82 Å². The van der Waals surface area contributed by atoms with Crippen LogP contribution >= 0.6 is 11.6 Å². The minimum Gasteiger partial charge on any atom is -0.357 e. The highest BCUT2D eigenvalue weighted by Crippen LogP contribution is 2.21. The molecule has 1 aromatic rings. The lowest BCUT2D eigenvalue weighted by Gasteiger charge is -2.19. The van der Waals surface area contributed by atoms with Crippen molar-refractivity contribution in [2.45, 2.75) is 33.6 Å². The fraction of sp³-hybridized carbons (Fsp3) is 0.636. The molecule has 0 radical (unpaired) electrons. The van der Waals surface area contributed by atoms with Gasteiger partial charge in [0.2, 0.25) is 0 Å². The number of nitrogens with zero attached hydrogens (tertiary/aromatic N) is 3. The first-order valence-corrected chi connectivity index (χ1v) is 5.66. The SMILES string of the molecule is CCCCN(C)c1nc(C)c(C)nc1Cl. The molecule has 0 saturated carbocycles. The summed E-state index contributed by atoms with van der Waals surface area (Å²) in [6.07, 6.45) is 2.31. The molecular weight excluding hydrogens is 210 g/mol. The maximum absolute atomic E-state index is 6.06. The van der Waals surface area contributed by atoms with Gasteiger partial charge in [-0.3, -0.25) is 0 Å². The summed E-state index contributed by atoms with van der Waals surface area (Å²) >= 11 is 6.06. The molecule has 0 unspecified atom stereocenters. The van der Waals surface area contributed by atoms with Crippen molar-refractivity contribution >= 4 is 17.4 Å². The Morgan fingerprint density at radius 3 is 2.40 bits per heavy atom. The Bertz CT molecular complexity index is 339. The third-order valence-electron chi connectivity index (χ3n) is 2.46. The Hall–Kier alpha value is -0.830. The molecule has 0 fully saturated rings. The average Bonchev–Trinajstić information content (AvgIpc) is 2.20. The molecule has 1 rings (SSSR count). The van der Waals surface area contributed by atoms with Crippen LogP contribution in [0.2, 0.25) is 5.15 Å². The van der Waals surface area contributed by atoms with Crippen LogP contribution in [-0.4, -0.2) is 23.6 Å². The monoisotopic (exact) mass is 227 g/mol. The van der Waals surface area contributed by atoms with Gasteiger partial charge in [-0.15, -0.1) is 0 Å². The number of aromatic nitrogens is 2. The number of halogens is 1. The summed E-state index contributed by atoms with van der Waals surface area (Å²) in [5.74, 6) is 0.785. The number of rotatable bonds is 4. The highest BCUT2D eigenvalue weighted by molar-refractivity contribution is 6.31. The smallest absolute Gasteiger partial charge is 0.171 e. The van der Waals surface area contributed by atoms with E-state index < -0.39 is 0 Å². The lowest BCUT2D eigenvalue weighted by atomic mass is 10.3. The van der Waals surface area contributed by atoms with Crippen molar-refractivity contribution in [1.29, 1.82) is 0 Å². The van der Waals surface area contributed by atoms with E-state index in [1.807, 2.05) is 20.9 Å². The van der Waals surface area contributed by atoms with Gasteiger partial charge in [-0.2, -0.15) is 0 Å². The van der Waals surface area contributed by atoms with E-state index >= 15 is 0 Å². The average molecular weight is 228 g/mol. The van der Waals surface area contributed by atoms with Crippen molar-refractivity contribution in [1.82, 2.24) is 9.97 Å². The molecule has 0 N–H and O–H groups in total. The molecule has 1 heterocycles. The van der Waals surface area contributed by atoms with Crippen LogP contribution < -0.4 is 4.90 Å². The molecule has 0 bridgehead atoms. The van der Waals surface area contributed by atoms with Crippen LogP contribution in [0.3, 0.4) is 0 Å². The lowest BCUT2D eigenvalue weighted by Crippen LogP contribution is -2.21. The molecule has 0 spiro atoms. The molecule has 0 aliphatic rings. The molecule has 0 aliphatic heterocycles. The van der Waals surface area contributed by atoms with Crippen LogP contribution in [0.5, 0.6) is 0 Å². The largest absolute Gasteiger partial charge is 0.357 e. The van der Waals surface area contributed by atoms with Gasteiger partial charge in [0.05, 0.1) is 11.4 Å². The van der Waals surface area contributed by atoms with E-state index in [9.17, 15) is 0 Å². The molecule has 15 heavy (non-hydrogen) atoms. The van der Waals surface area contributed by atoms with Crippen LogP contribution in [0, 0.1) is 13.8 Å². The molecule has 84 valence electrons. The Kier molecular flexibility index (Phi) is 4.33. The third kappa shape index (κ3) is 3.06. The van der Waals surface area contributed by atoms with E-state index in [0.29, 0.717) is 5.15 Å². The topological polar surface area (TPSA) is 29.0 Å². The quantitative estimate of drug-likeness (QED) is 0.792. The molecule has 0 saturated heterocycles. The van der Waals surface area contributed by atoms with E-state index in [4.69, 9.17) is 11.6 Å².